The standard InChI is InChI=1S/C12H23N3O2/c13-12(17)15-7-10(5-9-1-2-9)6-11(8-15)14-3-4-16/h9-11,14,16H,1-8H2,(H2,13,17). The van der Waals surface area contributed by atoms with E-state index >= 15 is 0 Å². The van der Waals surface area contributed by atoms with Crippen molar-refractivity contribution >= 4 is 6.03 Å². The lowest BCUT2D eigenvalue weighted by molar-refractivity contribution is 0.143. The van der Waals surface area contributed by atoms with Gasteiger partial charge in [0.1, 0.15) is 0 Å². The van der Waals surface area contributed by atoms with Crippen LogP contribution in [0.3, 0.4) is 0 Å². The van der Waals surface area contributed by atoms with E-state index in [1.165, 1.54) is 19.3 Å². The molecule has 4 N–H and O–H groups in total. The SMILES string of the molecule is NC(=O)N1CC(CC2CC2)CC(NCCO)C1. The molecule has 0 aromatic carbocycles. The molecular weight excluding hydrogens is 218 g/mol. The molecule has 2 amide bonds. The molecule has 1 heterocycles. The molecule has 2 unspecified atom stereocenters. The number of hydrogen-bond acceptors (Lipinski definition) is 3. The van der Waals surface area contributed by atoms with Crippen LogP contribution >= 0.6 is 0 Å². The van der Waals surface area contributed by atoms with Crippen molar-refractivity contribution in [2.75, 3.05) is 26.2 Å². The number of urea groups is 1. The van der Waals surface area contributed by atoms with Crippen LogP contribution in [0.4, 0.5) is 4.79 Å². The van der Waals surface area contributed by atoms with Gasteiger partial charge in [0.05, 0.1) is 6.61 Å². The summed E-state index contributed by atoms with van der Waals surface area (Å²) in [5.41, 5.74) is 5.38. The first-order chi connectivity index (χ1) is 8.19. The zero-order valence-corrected chi connectivity index (χ0v) is 10.3. The summed E-state index contributed by atoms with van der Waals surface area (Å²) < 4.78 is 0. The highest BCUT2D eigenvalue weighted by molar-refractivity contribution is 5.72. The molecule has 2 rings (SSSR count). The molecule has 0 aromatic heterocycles. The van der Waals surface area contributed by atoms with Gasteiger partial charge in [0, 0.05) is 25.7 Å². The van der Waals surface area contributed by atoms with Crippen LogP contribution in [-0.4, -0.2) is 48.3 Å². The normalized spacial score (nSPS) is 29.4. The van der Waals surface area contributed by atoms with Crippen molar-refractivity contribution in [2.45, 2.75) is 31.7 Å². The van der Waals surface area contributed by atoms with Crippen LogP contribution in [0.2, 0.25) is 0 Å². The number of carbonyl (C=O) groups excluding carboxylic acids is 1. The van der Waals surface area contributed by atoms with Crippen molar-refractivity contribution < 1.29 is 9.90 Å². The highest BCUT2D eigenvalue weighted by Gasteiger charge is 2.32. The Hall–Kier alpha value is -0.810. The fourth-order valence-corrected chi connectivity index (χ4v) is 2.80. The molecule has 1 aliphatic carbocycles. The molecule has 0 aromatic rings. The van der Waals surface area contributed by atoms with E-state index in [-0.39, 0.29) is 18.7 Å². The third-order valence-electron chi connectivity index (χ3n) is 3.76. The first-order valence-electron chi connectivity index (χ1n) is 6.57. The second-order valence-corrected chi connectivity index (χ2v) is 5.40. The van der Waals surface area contributed by atoms with Crippen LogP contribution in [0.25, 0.3) is 0 Å². The first-order valence-corrected chi connectivity index (χ1v) is 6.57. The minimum atomic E-state index is -0.318. The second-order valence-electron chi connectivity index (χ2n) is 5.40. The molecule has 5 heteroatoms. The number of primary amides is 1. The largest absolute Gasteiger partial charge is 0.395 e. The summed E-state index contributed by atoms with van der Waals surface area (Å²) in [5.74, 6) is 1.45. The summed E-state index contributed by atoms with van der Waals surface area (Å²) in [7, 11) is 0. The van der Waals surface area contributed by atoms with Gasteiger partial charge in [0.2, 0.25) is 0 Å². The average Bonchev–Trinajstić information content (AvgIpc) is 3.10. The number of aliphatic hydroxyl groups is 1. The summed E-state index contributed by atoms with van der Waals surface area (Å²) in [6.45, 7) is 2.22. The van der Waals surface area contributed by atoms with E-state index in [9.17, 15) is 4.79 Å². The number of rotatable bonds is 5. The van der Waals surface area contributed by atoms with E-state index in [0.717, 1.165) is 18.9 Å². The van der Waals surface area contributed by atoms with E-state index in [1.54, 1.807) is 4.90 Å². The lowest BCUT2D eigenvalue weighted by Crippen LogP contribution is -2.53. The number of carbonyl (C=O) groups is 1. The summed E-state index contributed by atoms with van der Waals surface area (Å²) in [4.78, 5) is 13.0. The van der Waals surface area contributed by atoms with Gasteiger partial charge < -0.3 is 21.1 Å². The van der Waals surface area contributed by atoms with E-state index in [0.29, 0.717) is 19.0 Å². The molecule has 17 heavy (non-hydrogen) atoms. The lowest BCUT2D eigenvalue weighted by Gasteiger charge is -2.37. The Morgan fingerprint density at radius 1 is 1.35 bits per heavy atom. The van der Waals surface area contributed by atoms with Crippen molar-refractivity contribution in [2.24, 2.45) is 17.6 Å². The maximum absolute atomic E-state index is 11.3. The Kier molecular flexibility index (Phi) is 4.23. The Balaban J connectivity index is 1.86. The summed E-state index contributed by atoms with van der Waals surface area (Å²) in [6.07, 6.45) is 5.02. The van der Waals surface area contributed by atoms with Crippen LogP contribution in [0.1, 0.15) is 25.7 Å². The number of hydrogen-bond donors (Lipinski definition) is 3. The number of nitrogens with zero attached hydrogens (tertiary/aromatic N) is 1. The quantitative estimate of drug-likeness (QED) is 0.640. The number of amides is 2. The van der Waals surface area contributed by atoms with Gasteiger partial charge in [-0.1, -0.05) is 12.8 Å². The third kappa shape index (κ3) is 3.85. The summed E-state index contributed by atoms with van der Waals surface area (Å²) in [6, 6.07) is -0.0338. The van der Waals surface area contributed by atoms with Gasteiger partial charge in [-0.2, -0.15) is 0 Å². The molecule has 2 fully saturated rings. The van der Waals surface area contributed by atoms with E-state index in [4.69, 9.17) is 10.8 Å². The van der Waals surface area contributed by atoms with E-state index in [1.807, 2.05) is 0 Å². The van der Waals surface area contributed by atoms with Crippen LogP contribution in [0, 0.1) is 11.8 Å². The van der Waals surface area contributed by atoms with Gasteiger partial charge >= 0.3 is 6.03 Å². The minimum Gasteiger partial charge on any atom is -0.395 e. The monoisotopic (exact) mass is 241 g/mol. The lowest BCUT2D eigenvalue weighted by atomic mass is 9.90. The number of nitrogens with two attached hydrogens (primary N) is 1. The Bertz CT molecular complexity index is 268. The van der Waals surface area contributed by atoms with Crippen LogP contribution in [-0.2, 0) is 0 Å². The smallest absolute Gasteiger partial charge is 0.314 e. The van der Waals surface area contributed by atoms with Crippen molar-refractivity contribution in [3.8, 4) is 0 Å². The third-order valence-corrected chi connectivity index (χ3v) is 3.76. The van der Waals surface area contributed by atoms with Gasteiger partial charge in [-0.05, 0) is 24.7 Å². The molecule has 0 bridgehead atoms. The highest BCUT2D eigenvalue weighted by Crippen LogP contribution is 2.37. The van der Waals surface area contributed by atoms with Crippen molar-refractivity contribution in [3.05, 3.63) is 0 Å². The van der Waals surface area contributed by atoms with Gasteiger partial charge in [-0.25, -0.2) is 4.79 Å². The predicted molar refractivity (Wildman–Crippen MR) is 65.5 cm³/mol. The van der Waals surface area contributed by atoms with Gasteiger partial charge in [-0.3, -0.25) is 0 Å². The number of aliphatic hydroxyl groups excluding tert-OH is 1. The van der Waals surface area contributed by atoms with Gasteiger partial charge in [0.25, 0.3) is 0 Å². The maximum atomic E-state index is 11.3. The fraction of sp³-hybridized carbons (Fsp3) is 0.917. The van der Waals surface area contributed by atoms with E-state index in [2.05, 4.69) is 5.32 Å². The fourth-order valence-electron chi connectivity index (χ4n) is 2.80. The minimum absolute atomic E-state index is 0.139. The van der Waals surface area contributed by atoms with Crippen molar-refractivity contribution in [1.29, 1.82) is 0 Å². The van der Waals surface area contributed by atoms with E-state index < -0.39 is 0 Å². The van der Waals surface area contributed by atoms with Crippen molar-refractivity contribution in [3.63, 3.8) is 0 Å². The Morgan fingerprint density at radius 2 is 2.12 bits per heavy atom. The second kappa shape index (κ2) is 5.69. The van der Waals surface area contributed by atoms with Crippen molar-refractivity contribution in [1.82, 2.24) is 10.2 Å². The van der Waals surface area contributed by atoms with Crippen LogP contribution in [0.5, 0.6) is 0 Å². The zero-order chi connectivity index (χ0) is 12.3. The first kappa shape index (κ1) is 12.6. The molecule has 0 spiro atoms. The molecule has 5 nitrogen and oxygen atoms in total. The molecule has 2 atom stereocenters. The molecule has 0 radical (unpaired) electrons. The molecule has 98 valence electrons. The predicted octanol–water partition coefficient (Wildman–Crippen LogP) is 0.138. The van der Waals surface area contributed by atoms with Crippen LogP contribution in [0.15, 0.2) is 0 Å². The molecular formula is C12H23N3O2. The summed E-state index contributed by atoms with van der Waals surface area (Å²) >= 11 is 0. The molecule has 1 saturated carbocycles. The topological polar surface area (TPSA) is 78.6 Å². The summed E-state index contributed by atoms with van der Waals surface area (Å²) in [5, 5.41) is 12.1. The number of likely N-dealkylation sites (tertiary alicyclic amines) is 1. The maximum Gasteiger partial charge on any atom is 0.314 e. The van der Waals surface area contributed by atoms with Gasteiger partial charge in [-0.15, -0.1) is 0 Å². The Labute approximate surface area is 102 Å². The molecule has 2 aliphatic rings. The van der Waals surface area contributed by atoms with Crippen LogP contribution < -0.4 is 11.1 Å². The average molecular weight is 241 g/mol. The number of piperidine rings is 1. The zero-order valence-electron chi connectivity index (χ0n) is 10.3. The Morgan fingerprint density at radius 3 is 2.71 bits per heavy atom. The molecule has 1 aliphatic heterocycles. The van der Waals surface area contributed by atoms with Gasteiger partial charge in [0.15, 0.2) is 0 Å². The molecule has 1 saturated heterocycles. The highest BCUT2D eigenvalue weighted by atomic mass is 16.3. The number of nitrogens with one attached hydrogen (secondary N) is 1.